The Bertz CT molecular complexity index is 906. The summed E-state index contributed by atoms with van der Waals surface area (Å²) in [5.41, 5.74) is -0.916. The molecule has 0 fully saturated rings. The SMILES string of the molecule is CC1(C)CC(=O)C2=C(C1)NC(=O)CC2C(=O)Nc1cc(C(F)(F)F)ccc1Cl. The molecule has 1 aromatic carbocycles. The molecule has 0 bridgehead atoms. The third-order valence-electron chi connectivity index (χ3n) is 4.82. The van der Waals surface area contributed by atoms with E-state index in [0.29, 0.717) is 12.1 Å². The number of hydrogen-bond acceptors (Lipinski definition) is 3. The van der Waals surface area contributed by atoms with E-state index in [-0.39, 0.29) is 40.3 Å². The van der Waals surface area contributed by atoms with Crippen LogP contribution >= 0.6 is 11.6 Å². The first kappa shape index (κ1) is 20.4. The van der Waals surface area contributed by atoms with Gasteiger partial charge in [0.15, 0.2) is 5.78 Å². The van der Waals surface area contributed by atoms with Crippen molar-refractivity contribution in [2.24, 2.45) is 11.3 Å². The highest BCUT2D eigenvalue weighted by Gasteiger charge is 2.42. The summed E-state index contributed by atoms with van der Waals surface area (Å²) in [4.78, 5) is 37.4. The average Bonchev–Trinajstić information content (AvgIpc) is 2.53. The van der Waals surface area contributed by atoms with Crippen LogP contribution in [0.25, 0.3) is 0 Å². The largest absolute Gasteiger partial charge is 0.416 e. The smallest absolute Gasteiger partial charge is 0.329 e. The number of rotatable bonds is 2. The molecule has 1 aliphatic heterocycles. The molecule has 1 aliphatic carbocycles. The van der Waals surface area contributed by atoms with Crippen molar-refractivity contribution in [2.45, 2.75) is 39.3 Å². The van der Waals surface area contributed by atoms with Crippen LogP contribution in [0, 0.1) is 11.3 Å². The van der Waals surface area contributed by atoms with Gasteiger partial charge in [-0.05, 0) is 30.0 Å². The Hall–Kier alpha value is -2.35. The summed E-state index contributed by atoms with van der Waals surface area (Å²) in [6.45, 7) is 3.76. The number of carbonyl (C=O) groups excluding carboxylic acids is 3. The Morgan fingerprint density at radius 3 is 2.57 bits per heavy atom. The molecule has 0 saturated heterocycles. The van der Waals surface area contributed by atoms with Crippen molar-refractivity contribution in [3.05, 3.63) is 40.1 Å². The van der Waals surface area contributed by atoms with E-state index >= 15 is 0 Å². The van der Waals surface area contributed by atoms with E-state index in [1.165, 1.54) is 0 Å². The van der Waals surface area contributed by atoms with E-state index in [1.54, 1.807) is 0 Å². The molecule has 0 radical (unpaired) electrons. The first-order valence-corrected chi connectivity index (χ1v) is 8.99. The number of halogens is 4. The van der Waals surface area contributed by atoms with Gasteiger partial charge in [-0.25, -0.2) is 0 Å². The lowest BCUT2D eigenvalue weighted by Crippen LogP contribution is -2.44. The molecule has 2 aliphatic rings. The maximum absolute atomic E-state index is 12.9. The fourth-order valence-corrected chi connectivity index (χ4v) is 3.76. The summed E-state index contributed by atoms with van der Waals surface area (Å²) in [5.74, 6) is -2.48. The Balaban J connectivity index is 1.92. The second kappa shape index (κ2) is 6.92. The number of carbonyl (C=O) groups is 3. The first-order valence-electron chi connectivity index (χ1n) is 8.61. The maximum atomic E-state index is 12.9. The molecule has 1 heterocycles. The Kier molecular flexibility index (Phi) is 5.04. The summed E-state index contributed by atoms with van der Waals surface area (Å²) >= 11 is 5.92. The number of alkyl halides is 3. The Morgan fingerprint density at radius 1 is 1.25 bits per heavy atom. The zero-order chi connectivity index (χ0) is 20.9. The number of allylic oxidation sites excluding steroid dienone is 1. The molecule has 1 atom stereocenters. The summed E-state index contributed by atoms with van der Waals surface area (Å²) in [5, 5.41) is 4.93. The fourth-order valence-electron chi connectivity index (χ4n) is 3.60. The van der Waals surface area contributed by atoms with Crippen molar-refractivity contribution in [2.75, 3.05) is 5.32 Å². The lowest BCUT2D eigenvalue weighted by molar-refractivity contribution is -0.137. The molecule has 5 nitrogen and oxygen atoms in total. The highest BCUT2D eigenvalue weighted by Crippen LogP contribution is 2.41. The van der Waals surface area contributed by atoms with Gasteiger partial charge in [0.25, 0.3) is 0 Å². The minimum atomic E-state index is -4.60. The van der Waals surface area contributed by atoms with Crippen molar-refractivity contribution in [3.63, 3.8) is 0 Å². The van der Waals surface area contributed by atoms with E-state index in [0.717, 1.165) is 18.2 Å². The molecule has 150 valence electrons. The van der Waals surface area contributed by atoms with Crippen molar-refractivity contribution in [3.8, 4) is 0 Å². The predicted molar refractivity (Wildman–Crippen MR) is 96.4 cm³/mol. The van der Waals surface area contributed by atoms with E-state index < -0.39 is 29.5 Å². The number of Topliss-reactive ketones (excluding diaryl/α,β-unsaturated/α-hetero) is 1. The van der Waals surface area contributed by atoms with Gasteiger partial charge in [-0.2, -0.15) is 13.2 Å². The van der Waals surface area contributed by atoms with Crippen molar-refractivity contribution in [1.29, 1.82) is 0 Å². The number of nitrogens with one attached hydrogen (secondary N) is 2. The summed E-state index contributed by atoms with van der Waals surface area (Å²) in [7, 11) is 0. The quantitative estimate of drug-likeness (QED) is 0.765. The van der Waals surface area contributed by atoms with Crippen LogP contribution in [0.1, 0.15) is 38.7 Å². The van der Waals surface area contributed by atoms with Crippen LogP contribution in [0.15, 0.2) is 29.5 Å². The minimum Gasteiger partial charge on any atom is -0.329 e. The van der Waals surface area contributed by atoms with Gasteiger partial charge in [0.05, 0.1) is 22.2 Å². The predicted octanol–water partition coefficient (Wildman–Crippen LogP) is 4.08. The highest BCUT2D eigenvalue weighted by atomic mass is 35.5. The molecule has 0 saturated carbocycles. The van der Waals surface area contributed by atoms with E-state index in [9.17, 15) is 27.6 Å². The van der Waals surface area contributed by atoms with Gasteiger partial charge in [0.1, 0.15) is 0 Å². The van der Waals surface area contributed by atoms with Crippen LogP contribution in [0.4, 0.5) is 18.9 Å². The molecule has 3 rings (SSSR count). The third-order valence-corrected chi connectivity index (χ3v) is 5.15. The summed E-state index contributed by atoms with van der Waals surface area (Å²) in [6, 6.07) is 2.57. The number of hydrogen-bond donors (Lipinski definition) is 2. The van der Waals surface area contributed by atoms with Crippen LogP contribution in [0.2, 0.25) is 5.02 Å². The number of benzene rings is 1. The molecule has 1 unspecified atom stereocenters. The Morgan fingerprint density at radius 2 is 1.93 bits per heavy atom. The number of amides is 2. The van der Waals surface area contributed by atoms with Crippen LogP contribution in [0.5, 0.6) is 0 Å². The second-order valence-corrected chi connectivity index (χ2v) is 8.23. The lowest BCUT2D eigenvalue weighted by atomic mass is 9.71. The molecule has 2 amide bonds. The van der Waals surface area contributed by atoms with Crippen LogP contribution in [0.3, 0.4) is 0 Å². The number of ketones is 1. The van der Waals surface area contributed by atoms with Crippen LogP contribution < -0.4 is 10.6 Å². The van der Waals surface area contributed by atoms with Gasteiger partial charge >= 0.3 is 6.18 Å². The molecule has 2 N–H and O–H groups in total. The first-order chi connectivity index (χ1) is 12.9. The maximum Gasteiger partial charge on any atom is 0.416 e. The van der Waals surface area contributed by atoms with Gasteiger partial charge in [-0.3, -0.25) is 14.4 Å². The van der Waals surface area contributed by atoms with Crippen LogP contribution in [-0.4, -0.2) is 17.6 Å². The van der Waals surface area contributed by atoms with Crippen LogP contribution in [-0.2, 0) is 20.6 Å². The molecular formula is C19H18ClF3N2O3. The monoisotopic (exact) mass is 414 g/mol. The van der Waals surface area contributed by atoms with E-state index in [2.05, 4.69) is 10.6 Å². The van der Waals surface area contributed by atoms with Crippen molar-refractivity contribution in [1.82, 2.24) is 5.32 Å². The van der Waals surface area contributed by atoms with Gasteiger partial charge in [0, 0.05) is 24.1 Å². The fraction of sp³-hybridized carbons (Fsp3) is 0.421. The topological polar surface area (TPSA) is 75.3 Å². The molecule has 0 spiro atoms. The summed E-state index contributed by atoms with van der Waals surface area (Å²) in [6.07, 6.45) is -4.22. The van der Waals surface area contributed by atoms with E-state index in [1.807, 2.05) is 13.8 Å². The molecule has 1 aromatic rings. The molecule has 28 heavy (non-hydrogen) atoms. The van der Waals surface area contributed by atoms with Gasteiger partial charge in [-0.15, -0.1) is 0 Å². The van der Waals surface area contributed by atoms with E-state index in [4.69, 9.17) is 11.6 Å². The zero-order valence-corrected chi connectivity index (χ0v) is 15.9. The third kappa shape index (κ3) is 4.06. The average molecular weight is 415 g/mol. The molecule has 0 aromatic heterocycles. The summed E-state index contributed by atoms with van der Waals surface area (Å²) < 4.78 is 38.8. The van der Waals surface area contributed by atoms with Crippen molar-refractivity contribution < 1.29 is 27.6 Å². The van der Waals surface area contributed by atoms with Crippen molar-refractivity contribution >= 4 is 34.9 Å². The van der Waals surface area contributed by atoms with Gasteiger partial charge in [0.2, 0.25) is 11.8 Å². The van der Waals surface area contributed by atoms with Gasteiger partial charge < -0.3 is 10.6 Å². The molecular weight excluding hydrogens is 397 g/mol. The highest BCUT2D eigenvalue weighted by molar-refractivity contribution is 6.33. The van der Waals surface area contributed by atoms with Gasteiger partial charge in [-0.1, -0.05) is 25.4 Å². The Labute approximate surface area is 164 Å². The lowest BCUT2D eigenvalue weighted by Gasteiger charge is -2.37. The molecule has 9 heteroatoms. The standard InChI is InChI=1S/C19H18ClF3N2O3/c1-18(2)7-13-16(14(26)8-18)10(6-15(27)24-13)17(28)25-12-5-9(19(21,22)23)3-4-11(12)20/h3-5,10H,6-8H2,1-2H3,(H,24,27)(H,25,28). The minimum absolute atomic E-state index is 0.0769. The normalized spacial score (nSPS) is 21.9. The number of anilines is 1. The second-order valence-electron chi connectivity index (χ2n) is 7.82. The zero-order valence-electron chi connectivity index (χ0n) is 15.2.